The molecule has 0 aliphatic heterocycles. The average molecular weight is 494 g/mol. The Morgan fingerprint density at radius 3 is 2.38 bits per heavy atom. The number of Topliss-reactive ketones (excluding diaryl/α,β-unsaturated/α-hetero) is 1. The number of hydrogen-bond donors (Lipinski definition) is 0. The van der Waals surface area contributed by atoms with Crippen LogP contribution in [0.1, 0.15) is 45.9 Å². The second kappa shape index (κ2) is 11.5. The first-order valence-electron chi connectivity index (χ1n) is 12.0. The fourth-order valence-corrected chi connectivity index (χ4v) is 4.71. The van der Waals surface area contributed by atoms with E-state index in [2.05, 4.69) is 49.3 Å². The fraction of sp³-hybridized carbons (Fsp3) is 0.194. The van der Waals surface area contributed by atoms with Gasteiger partial charge < -0.3 is 8.94 Å². The molecule has 1 unspecified atom stereocenters. The van der Waals surface area contributed by atoms with Crippen LogP contribution in [0.3, 0.4) is 0 Å². The van der Waals surface area contributed by atoms with Crippen LogP contribution in [0.25, 0.3) is 22.3 Å². The maximum atomic E-state index is 13.3. The van der Waals surface area contributed by atoms with Crippen LogP contribution in [0.15, 0.2) is 87.9 Å². The maximum Gasteiger partial charge on any atom is 0.373 e. The number of ketones is 1. The molecule has 0 radical (unpaired) electrons. The molecule has 0 bridgehead atoms. The number of carbonyl (C=O) groups excluding carboxylic acids is 3. The van der Waals surface area contributed by atoms with Crippen molar-refractivity contribution in [3.8, 4) is 11.3 Å². The highest BCUT2D eigenvalue weighted by Crippen LogP contribution is 2.33. The summed E-state index contributed by atoms with van der Waals surface area (Å²) in [6.45, 7) is 6.09. The summed E-state index contributed by atoms with van der Waals surface area (Å²) in [6.07, 6.45) is 2.76. The van der Waals surface area contributed by atoms with Crippen molar-refractivity contribution in [3.05, 3.63) is 113 Å². The van der Waals surface area contributed by atoms with Crippen LogP contribution in [0.2, 0.25) is 0 Å². The van der Waals surface area contributed by atoms with Gasteiger partial charge in [0.25, 0.3) is 0 Å². The third-order valence-corrected chi connectivity index (χ3v) is 6.43. The monoisotopic (exact) mass is 493 g/mol. The zero-order valence-corrected chi connectivity index (χ0v) is 21.0. The molecule has 0 saturated carbocycles. The molecule has 5 aromatic rings. The van der Waals surface area contributed by atoms with Crippen molar-refractivity contribution in [1.29, 1.82) is 0 Å². The summed E-state index contributed by atoms with van der Waals surface area (Å²) in [5.74, 6) is 1.69. The van der Waals surface area contributed by atoms with Gasteiger partial charge in [0.1, 0.15) is 22.9 Å². The number of rotatable bonds is 7. The molecule has 186 valence electrons. The zero-order chi connectivity index (χ0) is 26.4. The Morgan fingerprint density at radius 1 is 0.946 bits per heavy atom. The number of furan rings is 1. The van der Waals surface area contributed by atoms with Crippen LogP contribution in [0, 0.1) is 20.8 Å². The predicted molar refractivity (Wildman–Crippen MR) is 139 cm³/mol. The van der Waals surface area contributed by atoms with E-state index < -0.39 is 0 Å². The molecule has 2 aromatic heterocycles. The molecule has 3 aromatic carbocycles. The second-order valence-electron chi connectivity index (χ2n) is 9.10. The summed E-state index contributed by atoms with van der Waals surface area (Å²) in [6, 6.07) is 24.7. The van der Waals surface area contributed by atoms with Crippen molar-refractivity contribution >= 4 is 22.9 Å². The van der Waals surface area contributed by atoms with Crippen LogP contribution in [-0.4, -0.2) is 17.1 Å². The van der Waals surface area contributed by atoms with Crippen molar-refractivity contribution in [1.82, 2.24) is 5.16 Å². The van der Waals surface area contributed by atoms with Gasteiger partial charge in [-0.3, -0.25) is 4.79 Å². The molecule has 0 amide bonds. The van der Waals surface area contributed by atoms with Gasteiger partial charge in [0, 0.05) is 24.1 Å². The SMILES string of the molecule is Cc1ccc(C(CC(=O)Cc2ccc3oc(-c4cnoc4C)cc3c2)c2ccccc2)c(C)c1.O=C=O. The molecule has 0 spiro atoms. The second-order valence-corrected chi connectivity index (χ2v) is 9.10. The number of benzene rings is 3. The summed E-state index contributed by atoms with van der Waals surface area (Å²) in [7, 11) is 0. The lowest BCUT2D eigenvalue weighted by molar-refractivity contribution is -0.191. The first-order valence-corrected chi connectivity index (χ1v) is 12.0. The topological polar surface area (TPSA) is 90.4 Å². The predicted octanol–water partition coefficient (Wildman–Crippen LogP) is 6.76. The van der Waals surface area contributed by atoms with Gasteiger partial charge in [-0.15, -0.1) is 0 Å². The molecular formula is C31H27NO5. The summed E-state index contributed by atoms with van der Waals surface area (Å²) in [4.78, 5) is 29.5. The molecule has 5 rings (SSSR count). The van der Waals surface area contributed by atoms with Gasteiger partial charge in [0.05, 0.1) is 11.8 Å². The first kappa shape index (κ1) is 25.5. The molecular weight excluding hydrogens is 466 g/mol. The fourth-order valence-electron chi connectivity index (χ4n) is 4.71. The minimum absolute atomic E-state index is 0.0372. The number of fused-ring (bicyclic) bond motifs is 1. The zero-order valence-electron chi connectivity index (χ0n) is 21.0. The van der Waals surface area contributed by atoms with Crippen LogP contribution >= 0.6 is 0 Å². The highest BCUT2D eigenvalue weighted by molar-refractivity contribution is 5.87. The first-order chi connectivity index (χ1) is 17.9. The Labute approximate surface area is 214 Å². The third kappa shape index (κ3) is 6.00. The molecule has 37 heavy (non-hydrogen) atoms. The number of aromatic nitrogens is 1. The van der Waals surface area contributed by atoms with Crippen LogP contribution < -0.4 is 0 Å². The highest BCUT2D eigenvalue weighted by Gasteiger charge is 2.20. The highest BCUT2D eigenvalue weighted by atomic mass is 16.5. The van der Waals surface area contributed by atoms with E-state index in [0.717, 1.165) is 27.9 Å². The van der Waals surface area contributed by atoms with Gasteiger partial charge in [-0.05, 0) is 61.2 Å². The molecule has 1 atom stereocenters. The molecule has 0 N–H and O–H groups in total. The van der Waals surface area contributed by atoms with Gasteiger partial charge >= 0.3 is 6.15 Å². The molecule has 0 aliphatic carbocycles. The molecule has 2 heterocycles. The van der Waals surface area contributed by atoms with E-state index >= 15 is 0 Å². The van der Waals surface area contributed by atoms with E-state index in [1.54, 1.807) is 6.20 Å². The Balaban J connectivity index is 0.00000102. The Kier molecular flexibility index (Phi) is 7.92. The van der Waals surface area contributed by atoms with Crippen LogP contribution in [-0.2, 0) is 20.8 Å². The summed E-state index contributed by atoms with van der Waals surface area (Å²) in [5.41, 5.74) is 7.44. The maximum absolute atomic E-state index is 13.3. The minimum atomic E-state index is 0.0372. The van der Waals surface area contributed by atoms with Crippen LogP contribution in [0.5, 0.6) is 0 Å². The van der Waals surface area contributed by atoms with Crippen molar-refractivity contribution in [2.45, 2.75) is 39.5 Å². The van der Waals surface area contributed by atoms with Crippen molar-refractivity contribution in [2.75, 3.05) is 0 Å². The van der Waals surface area contributed by atoms with E-state index in [9.17, 15) is 4.79 Å². The number of aryl methyl sites for hydroxylation is 3. The lowest BCUT2D eigenvalue weighted by atomic mass is 9.83. The number of nitrogens with zero attached hydrogens (tertiary/aromatic N) is 1. The van der Waals surface area contributed by atoms with Gasteiger partial charge in [-0.2, -0.15) is 9.59 Å². The summed E-state index contributed by atoms with van der Waals surface area (Å²) >= 11 is 0. The number of hydrogen-bond acceptors (Lipinski definition) is 6. The van der Waals surface area contributed by atoms with Gasteiger partial charge in [0.2, 0.25) is 0 Å². The third-order valence-electron chi connectivity index (χ3n) is 6.43. The van der Waals surface area contributed by atoms with Crippen LogP contribution in [0.4, 0.5) is 0 Å². The van der Waals surface area contributed by atoms with E-state index in [4.69, 9.17) is 18.5 Å². The molecule has 0 saturated heterocycles. The Hall–Kier alpha value is -4.54. The quantitative estimate of drug-likeness (QED) is 0.249. The van der Waals surface area contributed by atoms with Crippen molar-refractivity contribution in [2.24, 2.45) is 0 Å². The minimum Gasteiger partial charge on any atom is -0.456 e. The summed E-state index contributed by atoms with van der Waals surface area (Å²) < 4.78 is 11.1. The van der Waals surface area contributed by atoms with E-state index in [-0.39, 0.29) is 17.9 Å². The Morgan fingerprint density at radius 2 is 1.70 bits per heavy atom. The largest absolute Gasteiger partial charge is 0.456 e. The average Bonchev–Trinajstić information content (AvgIpc) is 3.49. The lowest BCUT2D eigenvalue weighted by Crippen LogP contribution is -2.12. The van der Waals surface area contributed by atoms with E-state index in [1.807, 2.05) is 49.4 Å². The molecule has 6 nitrogen and oxygen atoms in total. The van der Waals surface area contributed by atoms with E-state index in [0.29, 0.717) is 18.6 Å². The van der Waals surface area contributed by atoms with Gasteiger partial charge in [0.15, 0.2) is 0 Å². The van der Waals surface area contributed by atoms with E-state index in [1.165, 1.54) is 22.3 Å². The van der Waals surface area contributed by atoms with Gasteiger partial charge in [-0.25, -0.2) is 0 Å². The molecule has 0 aliphatic rings. The Bertz CT molecular complexity index is 1560. The van der Waals surface area contributed by atoms with Crippen molar-refractivity contribution in [3.63, 3.8) is 0 Å². The normalized spacial score (nSPS) is 11.4. The lowest BCUT2D eigenvalue weighted by Gasteiger charge is -2.20. The molecule has 6 heteroatoms. The summed E-state index contributed by atoms with van der Waals surface area (Å²) in [5, 5.41) is 4.80. The number of carbonyl (C=O) groups is 1. The van der Waals surface area contributed by atoms with Crippen molar-refractivity contribution < 1.29 is 23.3 Å². The molecule has 0 fully saturated rings. The smallest absolute Gasteiger partial charge is 0.373 e. The standard InChI is InChI=1S/C30H27NO3.CO2/c1-19-9-11-26(20(2)13-19)27(23-7-5-4-6-8-23)17-25(32)15-22-10-12-29-24(14-22)16-30(33-29)28-18-31-34-21(28)3;2-1-3/h4-14,16,18,27H,15,17H2,1-3H3;. The van der Waals surface area contributed by atoms with Gasteiger partial charge in [-0.1, -0.05) is 65.3 Å².